The Kier molecular flexibility index (Phi) is 4.17. The minimum atomic E-state index is -1.21. The Morgan fingerprint density at radius 1 is 0.938 bits per heavy atom. The van der Waals surface area contributed by atoms with Gasteiger partial charge in [0.25, 0.3) is 0 Å². The number of methoxy groups -OCH3 is 1. The lowest BCUT2D eigenvalue weighted by Gasteiger charge is -2.38. The average molecular weight is 232 g/mol. The Bertz CT molecular complexity index is 214. The van der Waals surface area contributed by atoms with E-state index in [2.05, 4.69) is 0 Å². The molecule has 0 aromatic heterocycles. The molecular formula is C13H22F2O. The van der Waals surface area contributed by atoms with E-state index >= 15 is 0 Å². The number of halogens is 2. The molecule has 0 radical (unpaired) electrons. The van der Waals surface area contributed by atoms with E-state index in [0.29, 0.717) is 18.4 Å². The molecule has 0 saturated heterocycles. The Hall–Kier alpha value is -0.180. The van der Waals surface area contributed by atoms with E-state index < -0.39 is 12.3 Å². The highest BCUT2D eigenvalue weighted by molar-refractivity contribution is 4.88. The van der Waals surface area contributed by atoms with Gasteiger partial charge in [0.15, 0.2) is 0 Å². The third-order valence-corrected chi connectivity index (χ3v) is 4.43. The molecule has 2 saturated carbocycles. The van der Waals surface area contributed by atoms with Crippen LogP contribution in [-0.4, -0.2) is 25.6 Å². The molecule has 1 nitrogen and oxygen atoms in total. The monoisotopic (exact) mass is 232 g/mol. The molecule has 2 aliphatic carbocycles. The van der Waals surface area contributed by atoms with Gasteiger partial charge < -0.3 is 4.74 Å². The van der Waals surface area contributed by atoms with E-state index in [1.807, 2.05) is 0 Å². The van der Waals surface area contributed by atoms with Crippen molar-refractivity contribution in [3.05, 3.63) is 0 Å². The van der Waals surface area contributed by atoms with Crippen LogP contribution in [0.2, 0.25) is 0 Å². The molecule has 0 amide bonds. The number of hydrogen-bond acceptors (Lipinski definition) is 1. The lowest BCUT2D eigenvalue weighted by atomic mass is 9.71. The Labute approximate surface area is 96.6 Å². The van der Waals surface area contributed by atoms with E-state index in [0.717, 1.165) is 38.5 Å². The second-order valence-corrected chi connectivity index (χ2v) is 5.33. The summed E-state index contributed by atoms with van der Waals surface area (Å²) in [4.78, 5) is 0. The molecule has 3 atom stereocenters. The summed E-state index contributed by atoms with van der Waals surface area (Å²) in [7, 11) is 1.74. The normalized spacial score (nSPS) is 45.6. The van der Waals surface area contributed by atoms with Gasteiger partial charge in [-0.1, -0.05) is 6.42 Å². The van der Waals surface area contributed by atoms with Crippen molar-refractivity contribution in [1.82, 2.24) is 0 Å². The van der Waals surface area contributed by atoms with Crippen molar-refractivity contribution < 1.29 is 13.5 Å². The molecule has 94 valence electrons. The van der Waals surface area contributed by atoms with Gasteiger partial charge in [0, 0.05) is 7.11 Å². The van der Waals surface area contributed by atoms with Gasteiger partial charge >= 0.3 is 0 Å². The predicted octanol–water partition coefficient (Wildman–Crippen LogP) is 3.67. The van der Waals surface area contributed by atoms with Gasteiger partial charge in [0.1, 0.15) is 12.3 Å². The van der Waals surface area contributed by atoms with Crippen molar-refractivity contribution in [3.8, 4) is 0 Å². The van der Waals surface area contributed by atoms with E-state index in [4.69, 9.17) is 4.74 Å². The third-order valence-electron chi connectivity index (χ3n) is 4.43. The molecule has 2 fully saturated rings. The van der Waals surface area contributed by atoms with Crippen LogP contribution in [0.25, 0.3) is 0 Å². The summed E-state index contributed by atoms with van der Waals surface area (Å²) in [5, 5.41) is 0. The van der Waals surface area contributed by atoms with Gasteiger partial charge in [0.05, 0.1) is 6.10 Å². The molecule has 3 heteroatoms. The van der Waals surface area contributed by atoms with Gasteiger partial charge in [-0.2, -0.15) is 0 Å². The molecule has 0 bridgehead atoms. The topological polar surface area (TPSA) is 9.23 Å². The molecule has 2 rings (SSSR count). The molecule has 16 heavy (non-hydrogen) atoms. The molecule has 0 N–H and O–H groups in total. The summed E-state index contributed by atoms with van der Waals surface area (Å²) in [5.74, 6) is 0.363. The van der Waals surface area contributed by atoms with Crippen LogP contribution in [0.15, 0.2) is 0 Å². The molecule has 2 aliphatic rings. The maximum atomic E-state index is 13.8. The van der Waals surface area contributed by atoms with Crippen molar-refractivity contribution in [2.45, 2.75) is 63.4 Å². The van der Waals surface area contributed by atoms with Crippen molar-refractivity contribution in [2.24, 2.45) is 11.8 Å². The maximum absolute atomic E-state index is 13.8. The zero-order valence-electron chi connectivity index (χ0n) is 10.0. The summed E-state index contributed by atoms with van der Waals surface area (Å²) in [6.45, 7) is 0. The van der Waals surface area contributed by atoms with Crippen LogP contribution in [-0.2, 0) is 4.74 Å². The fourth-order valence-corrected chi connectivity index (χ4v) is 3.38. The van der Waals surface area contributed by atoms with Gasteiger partial charge in [-0.25, -0.2) is 8.78 Å². The zero-order chi connectivity index (χ0) is 11.5. The second kappa shape index (κ2) is 5.44. The Morgan fingerprint density at radius 2 is 1.62 bits per heavy atom. The van der Waals surface area contributed by atoms with Gasteiger partial charge in [-0.3, -0.25) is 0 Å². The van der Waals surface area contributed by atoms with Gasteiger partial charge in [0.2, 0.25) is 0 Å². The first-order chi connectivity index (χ1) is 7.72. The minimum Gasteiger partial charge on any atom is -0.381 e. The number of alkyl halides is 2. The van der Waals surface area contributed by atoms with Crippen molar-refractivity contribution in [3.63, 3.8) is 0 Å². The fraction of sp³-hybridized carbons (Fsp3) is 1.00. The summed E-state index contributed by atoms with van der Waals surface area (Å²) in [6.07, 6.45) is 4.14. The van der Waals surface area contributed by atoms with E-state index in [9.17, 15) is 8.78 Å². The number of ether oxygens (including phenoxy) is 1. The van der Waals surface area contributed by atoms with Crippen LogP contribution >= 0.6 is 0 Å². The molecule has 0 aromatic rings. The predicted molar refractivity (Wildman–Crippen MR) is 59.9 cm³/mol. The summed E-state index contributed by atoms with van der Waals surface area (Å²) in [6, 6.07) is 0. The number of hydrogen-bond donors (Lipinski definition) is 0. The molecule has 0 aliphatic heterocycles. The van der Waals surface area contributed by atoms with Crippen LogP contribution < -0.4 is 0 Å². The van der Waals surface area contributed by atoms with Crippen molar-refractivity contribution in [1.29, 1.82) is 0 Å². The average Bonchev–Trinajstić information content (AvgIpc) is 2.33. The number of rotatable bonds is 2. The summed E-state index contributed by atoms with van der Waals surface area (Å²) < 4.78 is 32.4. The largest absolute Gasteiger partial charge is 0.381 e. The summed E-state index contributed by atoms with van der Waals surface area (Å²) in [5.41, 5.74) is 0. The lowest BCUT2D eigenvalue weighted by Crippen LogP contribution is -2.38. The van der Waals surface area contributed by atoms with Crippen LogP contribution in [0.5, 0.6) is 0 Å². The summed E-state index contributed by atoms with van der Waals surface area (Å²) >= 11 is 0. The fourth-order valence-electron chi connectivity index (χ4n) is 3.38. The zero-order valence-corrected chi connectivity index (χ0v) is 10.0. The second-order valence-electron chi connectivity index (χ2n) is 5.33. The van der Waals surface area contributed by atoms with Crippen LogP contribution in [0.4, 0.5) is 8.78 Å². The van der Waals surface area contributed by atoms with Crippen LogP contribution in [0.3, 0.4) is 0 Å². The first kappa shape index (κ1) is 12.3. The maximum Gasteiger partial charge on any atom is 0.134 e. The van der Waals surface area contributed by atoms with Gasteiger partial charge in [-0.15, -0.1) is 0 Å². The first-order valence-electron chi connectivity index (χ1n) is 6.53. The highest BCUT2D eigenvalue weighted by Gasteiger charge is 2.39. The minimum absolute atomic E-state index is 0.0263. The Morgan fingerprint density at radius 3 is 2.25 bits per heavy atom. The lowest BCUT2D eigenvalue weighted by molar-refractivity contribution is -0.00139. The molecule has 3 unspecified atom stereocenters. The van der Waals surface area contributed by atoms with Crippen molar-refractivity contribution >= 4 is 0 Å². The SMILES string of the molecule is COC1CCC(C2CCCC(F)C2F)CC1. The third kappa shape index (κ3) is 2.55. The quantitative estimate of drug-likeness (QED) is 0.706. The van der Waals surface area contributed by atoms with Crippen molar-refractivity contribution in [2.75, 3.05) is 7.11 Å². The molecular weight excluding hydrogens is 210 g/mol. The van der Waals surface area contributed by atoms with E-state index in [-0.39, 0.29) is 5.92 Å². The van der Waals surface area contributed by atoms with Crippen LogP contribution in [0.1, 0.15) is 44.9 Å². The highest BCUT2D eigenvalue weighted by Crippen LogP contribution is 2.41. The molecule has 0 aromatic carbocycles. The van der Waals surface area contributed by atoms with E-state index in [1.165, 1.54) is 0 Å². The highest BCUT2D eigenvalue weighted by atomic mass is 19.2. The van der Waals surface area contributed by atoms with Crippen LogP contribution in [0, 0.1) is 11.8 Å². The standard InChI is InChI=1S/C13H22F2O/c1-16-10-7-5-9(6-8-10)11-3-2-4-12(14)13(11)15/h9-13H,2-8H2,1H3. The first-order valence-corrected chi connectivity index (χ1v) is 6.53. The van der Waals surface area contributed by atoms with E-state index in [1.54, 1.807) is 7.11 Å². The van der Waals surface area contributed by atoms with Gasteiger partial charge in [-0.05, 0) is 50.4 Å². The smallest absolute Gasteiger partial charge is 0.134 e. The molecule has 0 spiro atoms. The molecule has 0 heterocycles. The Balaban J connectivity index is 1.88.